The van der Waals surface area contributed by atoms with E-state index in [0.29, 0.717) is 22.9 Å². The Morgan fingerprint density at radius 3 is 2.60 bits per heavy atom. The van der Waals surface area contributed by atoms with Crippen molar-refractivity contribution >= 4 is 5.82 Å². The number of nitrogen functional groups attached to an aromatic ring is 1. The van der Waals surface area contributed by atoms with Crippen molar-refractivity contribution in [2.75, 3.05) is 5.73 Å². The first-order valence-electron chi connectivity index (χ1n) is 6.06. The van der Waals surface area contributed by atoms with Crippen LogP contribution in [0.4, 0.5) is 10.2 Å². The Morgan fingerprint density at radius 1 is 1.10 bits per heavy atom. The van der Waals surface area contributed by atoms with Crippen LogP contribution in [0.2, 0.25) is 0 Å². The lowest BCUT2D eigenvalue weighted by Crippen LogP contribution is -2.05. The van der Waals surface area contributed by atoms with Gasteiger partial charge in [0.2, 0.25) is 0 Å². The predicted octanol–water partition coefficient (Wildman–Crippen LogP) is 2.36. The highest BCUT2D eigenvalue weighted by molar-refractivity contribution is 5.63. The lowest BCUT2D eigenvalue weighted by atomic mass is 10.1. The molecule has 6 heteroatoms. The average Bonchev–Trinajstić information content (AvgIpc) is 2.82. The van der Waals surface area contributed by atoms with Crippen molar-refractivity contribution in [3.8, 4) is 17.1 Å². The van der Waals surface area contributed by atoms with Crippen LogP contribution in [0.5, 0.6) is 0 Å². The van der Waals surface area contributed by atoms with E-state index in [2.05, 4.69) is 15.3 Å². The van der Waals surface area contributed by atoms with E-state index in [1.807, 2.05) is 13.0 Å². The molecule has 100 valence electrons. The maximum Gasteiger partial charge on any atom is 0.178 e. The number of aromatic nitrogens is 4. The lowest BCUT2D eigenvalue weighted by molar-refractivity contribution is 0.630. The largest absolute Gasteiger partial charge is 0.384 e. The summed E-state index contributed by atoms with van der Waals surface area (Å²) in [5.74, 6) is 0.532. The normalized spacial score (nSPS) is 10.7. The van der Waals surface area contributed by atoms with Crippen LogP contribution in [0.3, 0.4) is 0 Å². The van der Waals surface area contributed by atoms with E-state index in [-0.39, 0.29) is 5.82 Å². The Kier molecular flexibility index (Phi) is 2.90. The summed E-state index contributed by atoms with van der Waals surface area (Å²) in [6.07, 6.45) is 0. The quantitative estimate of drug-likeness (QED) is 0.775. The number of nitrogens with zero attached hydrogens (tertiary/aromatic N) is 4. The Morgan fingerprint density at radius 2 is 1.90 bits per heavy atom. The van der Waals surface area contributed by atoms with Crippen LogP contribution in [0.25, 0.3) is 17.1 Å². The maximum absolute atomic E-state index is 13.8. The summed E-state index contributed by atoms with van der Waals surface area (Å²) >= 11 is 0. The third kappa shape index (κ3) is 2.11. The molecule has 0 fully saturated rings. The van der Waals surface area contributed by atoms with E-state index >= 15 is 0 Å². The Hall–Kier alpha value is -2.76. The van der Waals surface area contributed by atoms with Gasteiger partial charge in [-0.05, 0) is 31.2 Å². The fourth-order valence-corrected chi connectivity index (χ4v) is 1.88. The molecule has 5 nitrogen and oxygen atoms in total. The molecule has 0 spiro atoms. The molecule has 0 amide bonds. The molecule has 20 heavy (non-hydrogen) atoms. The third-order valence-electron chi connectivity index (χ3n) is 2.89. The van der Waals surface area contributed by atoms with Crippen LogP contribution >= 0.6 is 0 Å². The topological polar surface area (TPSA) is 69.6 Å². The molecule has 0 saturated heterocycles. The third-order valence-corrected chi connectivity index (χ3v) is 2.89. The van der Waals surface area contributed by atoms with Crippen molar-refractivity contribution < 1.29 is 4.39 Å². The number of anilines is 1. The first-order valence-corrected chi connectivity index (χ1v) is 6.06. The Labute approximate surface area is 114 Å². The second kappa shape index (κ2) is 4.73. The standard InChI is InChI=1S/C14H12FN5/c1-9-6-7-14(18-17-9)20-13(16)8-12(19-20)10-4-2-3-5-11(10)15/h2-8H,16H2,1H3. The fourth-order valence-electron chi connectivity index (χ4n) is 1.88. The van der Waals surface area contributed by atoms with Crippen molar-refractivity contribution in [2.45, 2.75) is 6.92 Å². The molecule has 0 aliphatic carbocycles. The SMILES string of the molecule is Cc1ccc(-n2nc(-c3ccccc3F)cc2N)nn1. The summed E-state index contributed by atoms with van der Waals surface area (Å²) < 4.78 is 15.2. The lowest BCUT2D eigenvalue weighted by Gasteiger charge is -2.01. The molecule has 0 saturated carbocycles. The molecule has 1 aromatic carbocycles. The van der Waals surface area contributed by atoms with Gasteiger partial charge in [-0.1, -0.05) is 12.1 Å². The molecule has 0 radical (unpaired) electrons. The zero-order valence-corrected chi connectivity index (χ0v) is 10.8. The van der Waals surface area contributed by atoms with Crippen LogP contribution in [-0.2, 0) is 0 Å². The fraction of sp³-hybridized carbons (Fsp3) is 0.0714. The van der Waals surface area contributed by atoms with E-state index in [0.717, 1.165) is 5.69 Å². The van der Waals surface area contributed by atoms with Crippen LogP contribution in [0, 0.1) is 12.7 Å². The van der Waals surface area contributed by atoms with Gasteiger partial charge >= 0.3 is 0 Å². The van der Waals surface area contributed by atoms with Gasteiger partial charge in [-0.25, -0.2) is 4.39 Å². The zero-order valence-electron chi connectivity index (χ0n) is 10.8. The van der Waals surface area contributed by atoms with Gasteiger partial charge in [0.1, 0.15) is 11.6 Å². The molecule has 2 aromatic heterocycles. The smallest absolute Gasteiger partial charge is 0.178 e. The van der Waals surface area contributed by atoms with Gasteiger partial charge in [-0.3, -0.25) is 0 Å². The number of rotatable bonds is 2. The minimum absolute atomic E-state index is 0.341. The second-order valence-electron chi connectivity index (χ2n) is 4.38. The summed E-state index contributed by atoms with van der Waals surface area (Å²) in [5.41, 5.74) is 7.57. The van der Waals surface area contributed by atoms with Gasteiger partial charge in [-0.15, -0.1) is 5.10 Å². The summed E-state index contributed by atoms with van der Waals surface area (Å²) in [4.78, 5) is 0. The van der Waals surface area contributed by atoms with Crippen molar-refractivity contribution in [3.63, 3.8) is 0 Å². The highest BCUT2D eigenvalue weighted by atomic mass is 19.1. The van der Waals surface area contributed by atoms with Crippen molar-refractivity contribution in [3.05, 3.63) is 54.0 Å². The summed E-state index contributed by atoms with van der Waals surface area (Å²) in [7, 11) is 0. The average molecular weight is 269 g/mol. The molecular weight excluding hydrogens is 257 g/mol. The molecule has 0 unspecified atom stereocenters. The Bertz CT molecular complexity index is 749. The summed E-state index contributed by atoms with van der Waals surface area (Å²) in [6.45, 7) is 1.84. The van der Waals surface area contributed by atoms with Crippen molar-refractivity contribution in [1.82, 2.24) is 20.0 Å². The van der Waals surface area contributed by atoms with E-state index in [4.69, 9.17) is 5.73 Å². The van der Waals surface area contributed by atoms with Crippen LogP contribution in [0.1, 0.15) is 5.69 Å². The maximum atomic E-state index is 13.8. The van der Waals surface area contributed by atoms with Gasteiger partial charge in [0.25, 0.3) is 0 Å². The number of hydrogen-bond acceptors (Lipinski definition) is 4. The van der Waals surface area contributed by atoms with Crippen LogP contribution in [0.15, 0.2) is 42.5 Å². The van der Waals surface area contributed by atoms with E-state index in [1.54, 1.807) is 30.3 Å². The van der Waals surface area contributed by atoms with E-state index in [9.17, 15) is 4.39 Å². The molecule has 0 aliphatic rings. The minimum atomic E-state index is -0.341. The molecule has 0 aliphatic heterocycles. The van der Waals surface area contributed by atoms with Gasteiger partial charge in [0, 0.05) is 11.6 Å². The highest BCUT2D eigenvalue weighted by Gasteiger charge is 2.12. The second-order valence-corrected chi connectivity index (χ2v) is 4.38. The van der Waals surface area contributed by atoms with E-state index in [1.165, 1.54) is 10.7 Å². The zero-order chi connectivity index (χ0) is 14.1. The molecule has 0 bridgehead atoms. The summed E-state index contributed by atoms with van der Waals surface area (Å²) in [6, 6.07) is 11.6. The van der Waals surface area contributed by atoms with Gasteiger partial charge in [0.15, 0.2) is 5.82 Å². The van der Waals surface area contributed by atoms with Crippen molar-refractivity contribution in [2.24, 2.45) is 0 Å². The van der Waals surface area contributed by atoms with Crippen LogP contribution < -0.4 is 5.73 Å². The molecule has 2 heterocycles. The predicted molar refractivity (Wildman–Crippen MR) is 73.7 cm³/mol. The molecule has 3 aromatic rings. The van der Waals surface area contributed by atoms with Gasteiger partial charge in [-0.2, -0.15) is 14.9 Å². The highest BCUT2D eigenvalue weighted by Crippen LogP contribution is 2.24. The van der Waals surface area contributed by atoms with E-state index < -0.39 is 0 Å². The number of aryl methyl sites for hydroxylation is 1. The number of halogens is 1. The van der Waals surface area contributed by atoms with Crippen LogP contribution in [-0.4, -0.2) is 20.0 Å². The molecule has 2 N–H and O–H groups in total. The first-order chi connectivity index (χ1) is 9.65. The van der Waals surface area contributed by atoms with Gasteiger partial charge < -0.3 is 5.73 Å². The minimum Gasteiger partial charge on any atom is -0.384 e. The molecule has 3 rings (SSSR count). The summed E-state index contributed by atoms with van der Waals surface area (Å²) in [5, 5.41) is 12.3. The number of hydrogen-bond donors (Lipinski definition) is 1. The number of benzene rings is 1. The van der Waals surface area contributed by atoms with Gasteiger partial charge in [0.05, 0.1) is 11.4 Å². The monoisotopic (exact) mass is 269 g/mol. The number of nitrogens with two attached hydrogens (primary N) is 1. The molecule has 0 atom stereocenters. The molecular formula is C14H12FN5. The Balaban J connectivity index is 2.08. The first kappa shape index (κ1) is 12.3. The van der Waals surface area contributed by atoms with Crippen molar-refractivity contribution in [1.29, 1.82) is 0 Å².